The van der Waals surface area contributed by atoms with Crippen LogP contribution in [0.5, 0.6) is 0 Å². The number of likely N-dealkylation sites (tertiary alicyclic amines) is 1. The maximum atomic E-state index is 12.4. The van der Waals surface area contributed by atoms with Crippen LogP contribution >= 0.6 is 0 Å². The zero-order valence-corrected chi connectivity index (χ0v) is 13.8. The van der Waals surface area contributed by atoms with Gasteiger partial charge in [-0.05, 0) is 62.5 Å². The molecule has 1 fully saturated rings. The number of anilines is 1. The largest absolute Gasteiger partial charge is 0.398 e. The number of benzene rings is 1. The lowest BCUT2D eigenvalue weighted by molar-refractivity contribution is 0.342. The average molecular weight is 311 g/mol. The summed E-state index contributed by atoms with van der Waals surface area (Å²) in [6.07, 6.45) is 1.05. The van der Waals surface area contributed by atoms with Gasteiger partial charge >= 0.3 is 0 Å². The molecule has 1 aromatic rings. The first-order chi connectivity index (χ1) is 9.83. The van der Waals surface area contributed by atoms with Crippen molar-refractivity contribution in [2.45, 2.75) is 32.1 Å². The number of hydrogen-bond donors (Lipinski definition) is 2. The molecule has 0 radical (unpaired) electrons. The van der Waals surface area contributed by atoms with E-state index in [4.69, 9.17) is 5.73 Å². The number of nitrogen functional groups attached to an aromatic ring is 1. The zero-order valence-electron chi connectivity index (χ0n) is 13.0. The van der Waals surface area contributed by atoms with Crippen LogP contribution in [0.1, 0.15) is 24.5 Å². The number of nitrogens with two attached hydrogens (primary N) is 1. The highest BCUT2D eigenvalue weighted by atomic mass is 32.2. The van der Waals surface area contributed by atoms with Crippen molar-refractivity contribution in [3.05, 3.63) is 23.3 Å². The van der Waals surface area contributed by atoms with Crippen molar-refractivity contribution < 1.29 is 8.42 Å². The summed E-state index contributed by atoms with van der Waals surface area (Å²) in [6, 6.07) is 3.22. The fourth-order valence-electron chi connectivity index (χ4n) is 2.69. The molecular weight excluding hydrogens is 286 g/mol. The summed E-state index contributed by atoms with van der Waals surface area (Å²) >= 11 is 0. The molecule has 1 saturated heterocycles. The van der Waals surface area contributed by atoms with Crippen molar-refractivity contribution in [3.63, 3.8) is 0 Å². The van der Waals surface area contributed by atoms with E-state index in [9.17, 15) is 8.42 Å². The maximum Gasteiger partial charge on any atom is 0.240 e. The van der Waals surface area contributed by atoms with Crippen molar-refractivity contribution >= 4 is 15.7 Å². The van der Waals surface area contributed by atoms with E-state index in [0.29, 0.717) is 18.2 Å². The molecule has 1 aliphatic heterocycles. The second-order valence-corrected chi connectivity index (χ2v) is 7.62. The quantitative estimate of drug-likeness (QED) is 0.808. The molecule has 1 unspecified atom stereocenters. The van der Waals surface area contributed by atoms with E-state index in [2.05, 4.69) is 16.5 Å². The molecule has 1 aromatic carbocycles. The van der Waals surface area contributed by atoms with Gasteiger partial charge in [-0.1, -0.05) is 6.92 Å². The van der Waals surface area contributed by atoms with Crippen LogP contribution in [0.4, 0.5) is 5.69 Å². The number of sulfonamides is 1. The van der Waals surface area contributed by atoms with Crippen LogP contribution in [0.25, 0.3) is 0 Å². The number of hydrogen-bond acceptors (Lipinski definition) is 4. The Bertz CT molecular complexity index is 590. The first kappa shape index (κ1) is 16.3. The second kappa shape index (κ2) is 6.34. The highest BCUT2D eigenvalue weighted by molar-refractivity contribution is 7.89. The van der Waals surface area contributed by atoms with E-state index in [-0.39, 0.29) is 4.90 Å². The molecule has 21 heavy (non-hydrogen) atoms. The molecular formula is C15H25N3O2S. The highest BCUT2D eigenvalue weighted by Crippen LogP contribution is 2.22. The molecule has 118 valence electrons. The van der Waals surface area contributed by atoms with Crippen LogP contribution < -0.4 is 10.5 Å². The third-order valence-corrected chi connectivity index (χ3v) is 5.77. The average Bonchev–Trinajstić information content (AvgIpc) is 2.90. The Kier molecular flexibility index (Phi) is 4.91. The van der Waals surface area contributed by atoms with Gasteiger partial charge in [0, 0.05) is 18.8 Å². The Morgan fingerprint density at radius 3 is 2.67 bits per heavy atom. The smallest absolute Gasteiger partial charge is 0.240 e. The summed E-state index contributed by atoms with van der Waals surface area (Å²) in [6.45, 7) is 9.44. The maximum absolute atomic E-state index is 12.4. The fourth-order valence-corrected chi connectivity index (χ4v) is 3.92. The summed E-state index contributed by atoms with van der Waals surface area (Å²) in [5.74, 6) is 0.392. The Morgan fingerprint density at radius 2 is 2.10 bits per heavy atom. The van der Waals surface area contributed by atoms with Crippen LogP contribution in [0.15, 0.2) is 17.0 Å². The first-order valence-electron chi connectivity index (χ1n) is 7.42. The van der Waals surface area contributed by atoms with Crippen molar-refractivity contribution in [1.29, 1.82) is 0 Å². The minimum absolute atomic E-state index is 0.258. The van der Waals surface area contributed by atoms with Gasteiger partial charge in [-0.15, -0.1) is 0 Å². The molecule has 0 spiro atoms. The van der Waals surface area contributed by atoms with E-state index in [1.54, 1.807) is 6.07 Å². The Labute approximate surface area is 127 Å². The molecule has 1 heterocycles. The number of aryl methyl sites for hydroxylation is 1. The summed E-state index contributed by atoms with van der Waals surface area (Å²) in [7, 11) is -3.48. The minimum Gasteiger partial charge on any atom is -0.398 e. The summed E-state index contributed by atoms with van der Waals surface area (Å²) in [4.78, 5) is 2.60. The van der Waals surface area contributed by atoms with Crippen molar-refractivity contribution in [1.82, 2.24) is 9.62 Å². The Hall–Kier alpha value is -1.11. The SMILES string of the molecule is CCN1CCC(CNS(=O)(=O)c2cc(C)c(C)c(N)c2)C1. The van der Waals surface area contributed by atoms with Gasteiger partial charge in [0.2, 0.25) is 10.0 Å². The molecule has 0 bridgehead atoms. The monoisotopic (exact) mass is 311 g/mol. The Morgan fingerprint density at radius 1 is 1.38 bits per heavy atom. The number of rotatable bonds is 5. The highest BCUT2D eigenvalue weighted by Gasteiger charge is 2.24. The molecule has 1 aliphatic rings. The van der Waals surface area contributed by atoms with E-state index in [1.165, 1.54) is 6.07 Å². The van der Waals surface area contributed by atoms with Crippen LogP contribution in [0.3, 0.4) is 0 Å². The molecule has 0 aliphatic carbocycles. The summed E-state index contributed by atoms with van der Waals surface area (Å²) < 4.78 is 27.5. The number of nitrogens with zero attached hydrogens (tertiary/aromatic N) is 1. The third-order valence-electron chi connectivity index (χ3n) is 4.37. The van der Waals surface area contributed by atoms with Crippen molar-refractivity contribution in [2.24, 2.45) is 5.92 Å². The standard InChI is InChI=1S/C15H25N3O2S/c1-4-18-6-5-13(10-18)9-17-21(19,20)14-7-11(2)12(3)15(16)8-14/h7-8,13,17H,4-6,9-10,16H2,1-3H3. The van der Waals surface area contributed by atoms with Gasteiger partial charge in [-0.2, -0.15) is 0 Å². The van der Waals surface area contributed by atoms with E-state index >= 15 is 0 Å². The van der Waals surface area contributed by atoms with Gasteiger partial charge in [-0.25, -0.2) is 13.1 Å². The molecule has 0 amide bonds. The molecule has 3 N–H and O–H groups in total. The molecule has 1 atom stereocenters. The predicted molar refractivity (Wildman–Crippen MR) is 85.7 cm³/mol. The molecule has 5 nitrogen and oxygen atoms in total. The van der Waals surface area contributed by atoms with Crippen molar-refractivity contribution in [3.8, 4) is 0 Å². The number of nitrogens with one attached hydrogen (secondary N) is 1. The Balaban J connectivity index is 2.05. The molecule has 2 rings (SSSR count). The lowest BCUT2D eigenvalue weighted by Gasteiger charge is -2.15. The van der Waals surface area contributed by atoms with Gasteiger partial charge in [-0.3, -0.25) is 0 Å². The van der Waals surface area contributed by atoms with E-state index < -0.39 is 10.0 Å². The summed E-state index contributed by atoms with van der Waals surface area (Å²) in [5.41, 5.74) is 8.23. The normalized spacial score (nSPS) is 20.0. The molecule has 0 saturated carbocycles. The van der Waals surface area contributed by atoms with Crippen LogP contribution in [-0.4, -0.2) is 39.5 Å². The zero-order chi connectivity index (χ0) is 15.6. The summed E-state index contributed by atoms with van der Waals surface area (Å²) in [5, 5.41) is 0. The molecule has 0 aromatic heterocycles. The van der Waals surface area contributed by atoms with Gasteiger partial charge in [0.25, 0.3) is 0 Å². The van der Waals surface area contributed by atoms with Crippen LogP contribution in [0.2, 0.25) is 0 Å². The van der Waals surface area contributed by atoms with Crippen molar-refractivity contribution in [2.75, 3.05) is 31.9 Å². The van der Waals surface area contributed by atoms with Crippen LogP contribution in [-0.2, 0) is 10.0 Å². The second-order valence-electron chi connectivity index (χ2n) is 5.85. The van der Waals surface area contributed by atoms with Crippen LogP contribution in [0, 0.1) is 19.8 Å². The predicted octanol–water partition coefficient (Wildman–Crippen LogP) is 1.51. The minimum atomic E-state index is -3.48. The fraction of sp³-hybridized carbons (Fsp3) is 0.600. The topological polar surface area (TPSA) is 75.4 Å². The van der Waals surface area contributed by atoms with Gasteiger partial charge in [0.05, 0.1) is 4.90 Å². The van der Waals surface area contributed by atoms with Gasteiger partial charge in [0.1, 0.15) is 0 Å². The van der Waals surface area contributed by atoms with Gasteiger partial charge in [0.15, 0.2) is 0 Å². The lowest BCUT2D eigenvalue weighted by atomic mass is 10.1. The van der Waals surface area contributed by atoms with E-state index in [0.717, 1.165) is 37.2 Å². The van der Waals surface area contributed by atoms with E-state index in [1.807, 2.05) is 13.8 Å². The first-order valence-corrected chi connectivity index (χ1v) is 8.90. The third kappa shape index (κ3) is 3.75. The van der Waals surface area contributed by atoms with Gasteiger partial charge < -0.3 is 10.6 Å². The lowest BCUT2D eigenvalue weighted by Crippen LogP contribution is -2.31. The molecule has 6 heteroatoms.